The van der Waals surface area contributed by atoms with Crippen molar-refractivity contribution in [2.24, 2.45) is 0 Å². The molecule has 0 bridgehead atoms. The number of aryl methyl sites for hydroxylation is 1. The van der Waals surface area contributed by atoms with Gasteiger partial charge < -0.3 is 9.30 Å². The van der Waals surface area contributed by atoms with Crippen LogP contribution in [-0.2, 0) is 11.3 Å². The summed E-state index contributed by atoms with van der Waals surface area (Å²) in [6.45, 7) is 0.0505. The predicted octanol–water partition coefficient (Wildman–Crippen LogP) is 1.51. The zero-order valence-corrected chi connectivity index (χ0v) is 9.45. The first-order valence-corrected chi connectivity index (χ1v) is 4.91. The van der Waals surface area contributed by atoms with E-state index in [1.165, 1.54) is 4.57 Å². The van der Waals surface area contributed by atoms with Crippen molar-refractivity contribution < 1.29 is 17.9 Å². The molecule has 1 heterocycles. The van der Waals surface area contributed by atoms with Crippen molar-refractivity contribution in [1.29, 1.82) is 10.5 Å². The lowest BCUT2D eigenvalue weighted by atomic mass is 10.3. The topological polar surface area (TPSA) is 74.6 Å². The smallest absolute Gasteiger partial charge is 0.370 e. The third-order valence-corrected chi connectivity index (χ3v) is 2.10. The first kappa shape index (κ1) is 14.0. The molecule has 1 aromatic rings. The van der Waals surface area contributed by atoms with Gasteiger partial charge in [-0.3, -0.25) is 0 Å². The Bertz CT molecular complexity index is 507. The molecule has 0 radical (unpaired) electrons. The van der Waals surface area contributed by atoms with Crippen LogP contribution in [-0.4, -0.2) is 28.9 Å². The molecule has 0 saturated heterocycles. The van der Waals surface area contributed by atoms with E-state index in [9.17, 15) is 13.2 Å². The Morgan fingerprint density at radius 2 is 2.00 bits per heavy atom. The number of alkyl halides is 3. The summed E-state index contributed by atoms with van der Waals surface area (Å²) < 4.78 is 41.3. The summed E-state index contributed by atoms with van der Waals surface area (Å²) in [5.74, 6) is 0.388. The van der Waals surface area contributed by atoms with Crippen molar-refractivity contribution in [3.8, 4) is 12.1 Å². The standard InChI is InChI=1S/C10H9F3N4O/c1-7-16-8(4-14)9(5-15)17(7)2-3-18-6-10(11,12)13/h2-3,6H2,1H3. The normalized spacial score (nSPS) is 11.0. The molecule has 96 valence electrons. The average Bonchev–Trinajstić information content (AvgIpc) is 2.59. The number of hydrogen-bond acceptors (Lipinski definition) is 4. The molecule has 18 heavy (non-hydrogen) atoms. The first-order chi connectivity index (χ1) is 8.39. The molecule has 1 aromatic heterocycles. The fourth-order valence-corrected chi connectivity index (χ4v) is 1.37. The highest BCUT2D eigenvalue weighted by molar-refractivity contribution is 5.37. The van der Waals surface area contributed by atoms with Gasteiger partial charge in [0.05, 0.1) is 6.61 Å². The minimum absolute atomic E-state index is 0.0330. The Hall–Kier alpha value is -2.06. The Labute approximate surface area is 101 Å². The molecule has 0 aliphatic heterocycles. The second-order valence-electron chi connectivity index (χ2n) is 3.40. The molecule has 0 fully saturated rings. The van der Waals surface area contributed by atoms with E-state index in [4.69, 9.17) is 10.5 Å². The van der Waals surface area contributed by atoms with Gasteiger partial charge >= 0.3 is 6.18 Å². The molecule has 0 spiro atoms. The molecule has 0 aliphatic carbocycles. The number of aromatic nitrogens is 2. The largest absolute Gasteiger partial charge is 0.411 e. The molecule has 8 heteroatoms. The van der Waals surface area contributed by atoms with E-state index in [-0.39, 0.29) is 24.5 Å². The minimum atomic E-state index is -4.38. The van der Waals surface area contributed by atoms with Gasteiger partial charge in [-0.25, -0.2) is 4.98 Å². The fraction of sp³-hybridized carbons (Fsp3) is 0.500. The minimum Gasteiger partial charge on any atom is -0.370 e. The van der Waals surface area contributed by atoms with Gasteiger partial charge in [0.2, 0.25) is 0 Å². The SMILES string of the molecule is Cc1nc(C#N)c(C#N)n1CCOCC(F)(F)F. The molecular formula is C10H9F3N4O. The summed E-state index contributed by atoms with van der Waals surface area (Å²) >= 11 is 0. The van der Waals surface area contributed by atoms with E-state index in [1.807, 2.05) is 0 Å². The van der Waals surface area contributed by atoms with Crippen LogP contribution in [0.15, 0.2) is 0 Å². The summed E-state index contributed by atoms with van der Waals surface area (Å²) in [7, 11) is 0. The molecule has 0 N–H and O–H groups in total. The van der Waals surface area contributed by atoms with Crippen molar-refractivity contribution in [3.63, 3.8) is 0 Å². The number of nitriles is 2. The zero-order valence-electron chi connectivity index (χ0n) is 9.45. The Morgan fingerprint density at radius 3 is 2.50 bits per heavy atom. The van der Waals surface area contributed by atoms with Crippen LogP contribution in [0.1, 0.15) is 17.2 Å². The van der Waals surface area contributed by atoms with Gasteiger partial charge in [-0.05, 0) is 6.92 Å². The van der Waals surface area contributed by atoms with Crippen molar-refractivity contribution in [3.05, 3.63) is 17.2 Å². The third-order valence-electron chi connectivity index (χ3n) is 2.10. The summed E-state index contributed by atoms with van der Waals surface area (Å²) in [6, 6.07) is 3.54. The van der Waals surface area contributed by atoms with Gasteiger partial charge in [0.15, 0.2) is 11.4 Å². The predicted molar refractivity (Wildman–Crippen MR) is 53.3 cm³/mol. The van der Waals surface area contributed by atoms with E-state index in [1.54, 1.807) is 19.1 Å². The highest BCUT2D eigenvalue weighted by atomic mass is 19.4. The van der Waals surface area contributed by atoms with Crippen LogP contribution >= 0.6 is 0 Å². The monoisotopic (exact) mass is 258 g/mol. The van der Waals surface area contributed by atoms with Crippen LogP contribution in [0.5, 0.6) is 0 Å². The van der Waals surface area contributed by atoms with Crippen molar-refractivity contribution >= 4 is 0 Å². The zero-order chi connectivity index (χ0) is 13.8. The molecule has 0 amide bonds. The van der Waals surface area contributed by atoms with Crippen molar-refractivity contribution in [2.75, 3.05) is 13.2 Å². The number of imidazole rings is 1. The van der Waals surface area contributed by atoms with Crippen LogP contribution in [0.4, 0.5) is 13.2 Å². The lowest BCUT2D eigenvalue weighted by molar-refractivity contribution is -0.174. The lowest BCUT2D eigenvalue weighted by Gasteiger charge is -2.09. The maximum atomic E-state index is 11.8. The van der Waals surface area contributed by atoms with E-state index >= 15 is 0 Å². The third kappa shape index (κ3) is 3.47. The molecule has 0 saturated carbocycles. The second kappa shape index (κ2) is 5.52. The quantitative estimate of drug-likeness (QED) is 0.767. The molecule has 0 unspecified atom stereocenters. The Kier molecular flexibility index (Phi) is 4.29. The van der Waals surface area contributed by atoms with Crippen LogP contribution in [0.2, 0.25) is 0 Å². The van der Waals surface area contributed by atoms with Crippen LogP contribution in [0.25, 0.3) is 0 Å². The molecule has 0 aromatic carbocycles. The van der Waals surface area contributed by atoms with E-state index in [0.717, 1.165) is 0 Å². The maximum absolute atomic E-state index is 11.8. The summed E-state index contributed by atoms with van der Waals surface area (Å²) in [5, 5.41) is 17.6. The lowest BCUT2D eigenvalue weighted by Crippen LogP contribution is -2.19. The number of rotatable bonds is 4. The average molecular weight is 258 g/mol. The van der Waals surface area contributed by atoms with Gasteiger partial charge in [0, 0.05) is 6.54 Å². The Balaban J connectivity index is 2.66. The van der Waals surface area contributed by atoms with Crippen molar-refractivity contribution in [2.45, 2.75) is 19.6 Å². The highest BCUT2D eigenvalue weighted by Crippen LogP contribution is 2.15. The van der Waals surface area contributed by atoms with Crippen LogP contribution in [0.3, 0.4) is 0 Å². The summed E-state index contributed by atoms with van der Waals surface area (Å²) in [5.41, 5.74) is -0.00331. The highest BCUT2D eigenvalue weighted by Gasteiger charge is 2.27. The van der Waals surface area contributed by atoms with Gasteiger partial charge in [-0.15, -0.1) is 0 Å². The first-order valence-electron chi connectivity index (χ1n) is 4.91. The number of ether oxygens (including phenoxy) is 1. The van der Waals surface area contributed by atoms with Gasteiger partial charge in [0.25, 0.3) is 0 Å². The van der Waals surface area contributed by atoms with Crippen LogP contribution < -0.4 is 0 Å². The summed E-state index contributed by atoms with van der Waals surface area (Å²) in [6.07, 6.45) is -4.38. The van der Waals surface area contributed by atoms with E-state index in [2.05, 4.69) is 9.72 Å². The maximum Gasteiger partial charge on any atom is 0.411 e. The van der Waals surface area contributed by atoms with E-state index in [0.29, 0.717) is 5.82 Å². The van der Waals surface area contributed by atoms with Gasteiger partial charge in [0.1, 0.15) is 24.6 Å². The number of hydrogen-bond donors (Lipinski definition) is 0. The molecule has 1 rings (SSSR count). The Morgan fingerprint density at radius 1 is 1.33 bits per heavy atom. The van der Waals surface area contributed by atoms with Crippen molar-refractivity contribution in [1.82, 2.24) is 9.55 Å². The van der Waals surface area contributed by atoms with Gasteiger partial charge in [-0.1, -0.05) is 0 Å². The molecular weight excluding hydrogens is 249 g/mol. The fourth-order valence-electron chi connectivity index (χ4n) is 1.37. The van der Waals surface area contributed by atoms with E-state index < -0.39 is 12.8 Å². The summed E-state index contributed by atoms with van der Waals surface area (Å²) in [4.78, 5) is 3.83. The van der Waals surface area contributed by atoms with Gasteiger partial charge in [-0.2, -0.15) is 23.7 Å². The molecule has 5 nitrogen and oxygen atoms in total. The number of halogens is 3. The molecule has 0 atom stereocenters. The second-order valence-corrected chi connectivity index (χ2v) is 3.40. The van der Waals surface area contributed by atoms with Crippen LogP contribution in [0, 0.1) is 29.6 Å². The molecule has 0 aliphatic rings. The number of nitrogens with zero attached hydrogens (tertiary/aromatic N) is 4.